The molecule has 158 valence electrons. The first kappa shape index (κ1) is 21.9. The molecule has 3 rings (SSSR count). The molecule has 3 aliphatic rings. The summed E-state index contributed by atoms with van der Waals surface area (Å²) in [5, 5.41) is 10.0. The van der Waals surface area contributed by atoms with Gasteiger partial charge in [0.15, 0.2) is 0 Å². The fourth-order valence-electron chi connectivity index (χ4n) is 6.66. The molecule has 3 saturated carbocycles. The van der Waals surface area contributed by atoms with Crippen molar-refractivity contribution in [1.29, 1.82) is 0 Å². The van der Waals surface area contributed by atoms with Gasteiger partial charge in [-0.15, -0.1) is 0 Å². The van der Waals surface area contributed by atoms with E-state index in [1.165, 1.54) is 62.5 Å². The molecule has 5 atom stereocenters. The Balaban J connectivity index is 1.70. The standard InChI is InChI=1S/C27H44O/c1-19(2)8-6-9-21(4)25-15-16-26-22(10-7-17-27(25,26)5)12-13-23-18-24(28)14-11-20(23)3/h12-13,19,21,24-26,28H,3,6-11,14-18H2,1-2,4-5H3/b22-12+,23-13-/t21-,24+,25-,26+,27-/m0/s1. The van der Waals surface area contributed by atoms with Crippen LogP contribution in [0.15, 0.2) is 35.5 Å². The average Bonchev–Trinajstić information content (AvgIpc) is 2.99. The second-order valence-electron chi connectivity index (χ2n) is 10.8. The lowest BCUT2D eigenvalue weighted by atomic mass is 9.60. The summed E-state index contributed by atoms with van der Waals surface area (Å²) in [4.78, 5) is 0. The Bertz CT molecular complexity index is 610. The number of rotatable bonds is 6. The van der Waals surface area contributed by atoms with E-state index < -0.39 is 0 Å². The summed E-state index contributed by atoms with van der Waals surface area (Å²) in [6.45, 7) is 14.1. The lowest BCUT2D eigenvalue weighted by Crippen LogP contribution is -2.36. The van der Waals surface area contributed by atoms with E-state index in [9.17, 15) is 5.11 Å². The second-order valence-corrected chi connectivity index (χ2v) is 10.8. The lowest BCUT2D eigenvalue weighted by molar-refractivity contribution is 0.0929. The smallest absolute Gasteiger partial charge is 0.0583 e. The van der Waals surface area contributed by atoms with Crippen LogP contribution >= 0.6 is 0 Å². The number of fused-ring (bicyclic) bond motifs is 1. The van der Waals surface area contributed by atoms with Crippen molar-refractivity contribution in [2.24, 2.45) is 29.1 Å². The molecule has 1 heteroatoms. The van der Waals surface area contributed by atoms with Crippen LogP contribution in [0, 0.1) is 29.1 Å². The third-order valence-corrected chi connectivity index (χ3v) is 8.35. The Morgan fingerprint density at radius 3 is 2.64 bits per heavy atom. The minimum absolute atomic E-state index is 0.172. The molecule has 0 aromatic heterocycles. The van der Waals surface area contributed by atoms with Crippen LogP contribution in [-0.4, -0.2) is 11.2 Å². The zero-order chi connectivity index (χ0) is 20.3. The van der Waals surface area contributed by atoms with Crippen LogP contribution in [0.3, 0.4) is 0 Å². The van der Waals surface area contributed by atoms with Gasteiger partial charge >= 0.3 is 0 Å². The Labute approximate surface area is 174 Å². The van der Waals surface area contributed by atoms with Crippen molar-refractivity contribution in [2.45, 2.75) is 104 Å². The van der Waals surface area contributed by atoms with Crippen LogP contribution in [0.4, 0.5) is 0 Å². The molecule has 28 heavy (non-hydrogen) atoms. The molecule has 0 aromatic carbocycles. The van der Waals surface area contributed by atoms with E-state index in [1.807, 2.05) is 0 Å². The second kappa shape index (κ2) is 9.33. The summed E-state index contributed by atoms with van der Waals surface area (Å²) in [7, 11) is 0. The molecule has 0 heterocycles. The minimum Gasteiger partial charge on any atom is -0.393 e. The predicted octanol–water partition coefficient (Wildman–Crippen LogP) is 7.62. The number of allylic oxidation sites excluding steroid dienone is 4. The summed E-state index contributed by atoms with van der Waals surface area (Å²) in [5.41, 5.74) is 4.72. The Hall–Kier alpha value is -0.820. The van der Waals surface area contributed by atoms with Gasteiger partial charge in [-0.1, -0.05) is 76.8 Å². The molecule has 3 fully saturated rings. The van der Waals surface area contributed by atoms with Crippen LogP contribution < -0.4 is 0 Å². The van der Waals surface area contributed by atoms with E-state index in [2.05, 4.69) is 46.4 Å². The fraction of sp³-hybridized carbons (Fsp3) is 0.778. The molecule has 0 unspecified atom stereocenters. The summed E-state index contributed by atoms with van der Waals surface area (Å²) >= 11 is 0. The maximum atomic E-state index is 10.0. The van der Waals surface area contributed by atoms with Crippen molar-refractivity contribution in [3.8, 4) is 0 Å². The molecule has 0 aromatic rings. The predicted molar refractivity (Wildman–Crippen MR) is 121 cm³/mol. The molecular weight excluding hydrogens is 340 g/mol. The summed E-state index contributed by atoms with van der Waals surface area (Å²) in [5.74, 6) is 3.37. The Morgan fingerprint density at radius 1 is 1.11 bits per heavy atom. The monoisotopic (exact) mass is 384 g/mol. The third-order valence-electron chi connectivity index (χ3n) is 8.35. The maximum absolute atomic E-state index is 10.0. The molecule has 0 saturated heterocycles. The quantitative estimate of drug-likeness (QED) is 0.499. The molecule has 0 aliphatic heterocycles. The molecule has 0 radical (unpaired) electrons. The number of aliphatic hydroxyl groups is 1. The fourth-order valence-corrected chi connectivity index (χ4v) is 6.66. The zero-order valence-electron chi connectivity index (χ0n) is 19.0. The molecule has 0 spiro atoms. The van der Waals surface area contributed by atoms with Crippen molar-refractivity contribution < 1.29 is 5.11 Å². The van der Waals surface area contributed by atoms with E-state index in [0.717, 1.165) is 42.9 Å². The number of hydrogen-bond acceptors (Lipinski definition) is 1. The van der Waals surface area contributed by atoms with Gasteiger partial charge in [0, 0.05) is 0 Å². The van der Waals surface area contributed by atoms with Gasteiger partial charge in [-0.05, 0) is 86.0 Å². The van der Waals surface area contributed by atoms with Crippen LogP contribution in [0.25, 0.3) is 0 Å². The Morgan fingerprint density at radius 2 is 1.89 bits per heavy atom. The molecule has 1 nitrogen and oxygen atoms in total. The number of hydrogen-bond donors (Lipinski definition) is 1. The topological polar surface area (TPSA) is 20.2 Å². The van der Waals surface area contributed by atoms with Crippen LogP contribution in [0.2, 0.25) is 0 Å². The van der Waals surface area contributed by atoms with Crippen molar-refractivity contribution in [3.05, 3.63) is 35.5 Å². The molecular formula is C27H44O. The normalized spacial score (nSPS) is 37.6. The van der Waals surface area contributed by atoms with Crippen molar-refractivity contribution in [1.82, 2.24) is 0 Å². The average molecular weight is 385 g/mol. The highest BCUT2D eigenvalue weighted by atomic mass is 16.3. The van der Waals surface area contributed by atoms with E-state index >= 15 is 0 Å². The first-order valence-electron chi connectivity index (χ1n) is 12.1. The van der Waals surface area contributed by atoms with Gasteiger partial charge in [-0.25, -0.2) is 0 Å². The van der Waals surface area contributed by atoms with Gasteiger partial charge < -0.3 is 5.11 Å². The highest BCUT2D eigenvalue weighted by Crippen LogP contribution is 2.59. The van der Waals surface area contributed by atoms with Gasteiger partial charge in [0.1, 0.15) is 0 Å². The lowest BCUT2D eigenvalue weighted by Gasteiger charge is -2.44. The number of aliphatic hydroxyl groups excluding tert-OH is 1. The largest absolute Gasteiger partial charge is 0.393 e. The van der Waals surface area contributed by atoms with E-state index in [0.29, 0.717) is 5.41 Å². The summed E-state index contributed by atoms with van der Waals surface area (Å²) < 4.78 is 0. The van der Waals surface area contributed by atoms with Gasteiger partial charge in [-0.2, -0.15) is 0 Å². The van der Waals surface area contributed by atoms with E-state index in [4.69, 9.17) is 0 Å². The van der Waals surface area contributed by atoms with E-state index in [1.54, 1.807) is 5.57 Å². The molecule has 3 aliphatic carbocycles. The zero-order valence-corrected chi connectivity index (χ0v) is 19.0. The molecule has 0 amide bonds. The molecule has 0 bridgehead atoms. The van der Waals surface area contributed by atoms with Gasteiger partial charge in [0.25, 0.3) is 0 Å². The molecule has 1 N–H and O–H groups in total. The van der Waals surface area contributed by atoms with Crippen molar-refractivity contribution >= 4 is 0 Å². The van der Waals surface area contributed by atoms with Gasteiger partial charge in [0.2, 0.25) is 0 Å². The SMILES string of the molecule is C=C1CC[C@@H](O)C/C1=C/C=C1\CCC[C@]2(C)[C@@H]1CC[C@H]2[C@@H](C)CCCC(C)C. The highest BCUT2D eigenvalue weighted by Gasteiger charge is 2.50. The maximum Gasteiger partial charge on any atom is 0.0583 e. The first-order valence-corrected chi connectivity index (χ1v) is 12.1. The minimum atomic E-state index is -0.172. The van der Waals surface area contributed by atoms with Crippen LogP contribution in [-0.2, 0) is 0 Å². The van der Waals surface area contributed by atoms with Gasteiger partial charge in [0.05, 0.1) is 6.10 Å². The van der Waals surface area contributed by atoms with Crippen molar-refractivity contribution in [3.63, 3.8) is 0 Å². The van der Waals surface area contributed by atoms with Crippen LogP contribution in [0.5, 0.6) is 0 Å². The summed E-state index contributed by atoms with van der Waals surface area (Å²) in [6, 6.07) is 0. The van der Waals surface area contributed by atoms with E-state index in [-0.39, 0.29) is 6.10 Å². The highest BCUT2D eigenvalue weighted by molar-refractivity contribution is 5.36. The van der Waals surface area contributed by atoms with Crippen molar-refractivity contribution in [2.75, 3.05) is 0 Å². The van der Waals surface area contributed by atoms with Crippen LogP contribution in [0.1, 0.15) is 98.3 Å². The summed E-state index contributed by atoms with van der Waals surface area (Å²) in [6.07, 6.45) is 18.2. The first-order chi connectivity index (χ1) is 13.3. The third kappa shape index (κ3) is 4.84. The Kier molecular flexibility index (Phi) is 7.29. The van der Waals surface area contributed by atoms with Gasteiger partial charge in [-0.3, -0.25) is 0 Å².